The molecule has 0 unspecified atom stereocenters. The summed E-state index contributed by atoms with van der Waals surface area (Å²) in [6.07, 6.45) is 3.75. The number of carbonyl (C=O) groups excluding carboxylic acids is 1. The van der Waals surface area contributed by atoms with Gasteiger partial charge in [-0.05, 0) is 49.2 Å². The molecule has 0 aliphatic carbocycles. The third-order valence-electron chi connectivity index (χ3n) is 5.19. The first-order valence-corrected chi connectivity index (χ1v) is 10.2. The van der Waals surface area contributed by atoms with Gasteiger partial charge >= 0.3 is 0 Å². The fourth-order valence-corrected chi connectivity index (χ4v) is 3.54. The molecular formula is C23H26N4O3. The Bertz CT molecular complexity index is 905. The number of anilines is 2. The lowest BCUT2D eigenvalue weighted by Gasteiger charge is -2.34. The zero-order chi connectivity index (χ0) is 20.6. The topological polar surface area (TPSA) is 79.6 Å². The van der Waals surface area contributed by atoms with Crippen LogP contribution in [0.25, 0.3) is 0 Å². The molecule has 1 aromatic heterocycles. The summed E-state index contributed by atoms with van der Waals surface area (Å²) in [4.78, 5) is 14.5. The number of hydrogen-bond acceptors (Lipinski definition) is 6. The maximum absolute atomic E-state index is 12.1. The number of aromatic nitrogens is 1. The summed E-state index contributed by atoms with van der Waals surface area (Å²) in [5.74, 6) is 0.507. The summed E-state index contributed by atoms with van der Waals surface area (Å²) >= 11 is 0. The number of nitrogens with zero attached hydrogens (tertiary/aromatic N) is 2. The van der Waals surface area contributed by atoms with E-state index in [9.17, 15) is 4.79 Å². The summed E-state index contributed by atoms with van der Waals surface area (Å²) in [6, 6.07) is 19.7. The minimum Gasteiger partial charge on any atom is -0.484 e. The van der Waals surface area contributed by atoms with Gasteiger partial charge in [0.25, 0.3) is 5.91 Å². The molecule has 1 aliphatic heterocycles. The van der Waals surface area contributed by atoms with E-state index in [1.807, 2.05) is 48.5 Å². The van der Waals surface area contributed by atoms with Gasteiger partial charge in [0.15, 0.2) is 6.61 Å². The highest BCUT2D eigenvalue weighted by atomic mass is 16.5. The first-order valence-electron chi connectivity index (χ1n) is 10.2. The van der Waals surface area contributed by atoms with Crippen molar-refractivity contribution in [2.45, 2.75) is 25.4 Å². The Morgan fingerprint density at radius 3 is 2.53 bits per heavy atom. The van der Waals surface area contributed by atoms with E-state index in [1.165, 1.54) is 5.69 Å². The zero-order valence-electron chi connectivity index (χ0n) is 16.8. The van der Waals surface area contributed by atoms with Crippen LogP contribution in [-0.2, 0) is 11.3 Å². The SMILES string of the molecule is O=C(COc1ccccc1)Nc1ccc(N2CCC(NCc3ccon3)CC2)cc1. The lowest BCUT2D eigenvalue weighted by molar-refractivity contribution is -0.118. The minimum atomic E-state index is -0.175. The predicted molar refractivity (Wildman–Crippen MR) is 116 cm³/mol. The molecule has 7 nitrogen and oxygen atoms in total. The molecule has 7 heteroatoms. The van der Waals surface area contributed by atoms with E-state index in [0.717, 1.165) is 43.9 Å². The minimum absolute atomic E-state index is 0.0133. The van der Waals surface area contributed by atoms with Gasteiger partial charge in [-0.25, -0.2) is 0 Å². The van der Waals surface area contributed by atoms with Crippen molar-refractivity contribution in [1.82, 2.24) is 10.5 Å². The summed E-state index contributed by atoms with van der Waals surface area (Å²) in [5, 5.41) is 10.3. The van der Waals surface area contributed by atoms with Gasteiger partial charge < -0.3 is 24.8 Å². The van der Waals surface area contributed by atoms with Gasteiger partial charge in [-0.15, -0.1) is 0 Å². The quantitative estimate of drug-likeness (QED) is 0.597. The summed E-state index contributed by atoms with van der Waals surface area (Å²) in [5.41, 5.74) is 2.87. The van der Waals surface area contributed by atoms with Crippen molar-refractivity contribution in [2.75, 3.05) is 29.9 Å². The average molecular weight is 406 g/mol. The Morgan fingerprint density at radius 2 is 1.83 bits per heavy atom. The predicted octanol–water partition coefficient (Wildman–Crippen LogP) is 3.45. The molecule has 156 valence electrons. The average Bonchev–Trinajstić information content (AvgIpc) is 3.32. The van der Waals surface area contributed by atoms with E-state index < -0.39 is 0 Å². The molecule has 1 aliphatic rings. The molecule has 4 rings (SSSR count). The van der Waals surface area contributed by atoms with Crippen molar-refractivity contribution in [2.24, 2.45) is 0 Å². The van der Waals surface area contributed by atoms with Gasteiger partial charge in [0.1, 0.15) is 12.0 Å². The van der Waals surface area contributed by atoms with E-state index in [1.54, 1.807) is 6.26 Å². The second-order valence-electron chi connectivity index (χ2n) is 7.33. The van der Waals surface area contributed by atoms with Gasteiger partial charge in [-0.3, -0.25) is 4.79 Å². The van der Waals surface area contributed by atoms with Crippen LogP contribution < -0.4 is 20.3 Å². The molecule has 3 aromatic rings. The molecule has 0 spiro atoms. The molecule has 0 saturated carbocycles. The highest BCUT2D eigenvalue weighted by Gasteiger charge is 2.19. The zero-order valence-corrected chi connectivity index (χ0v) is 16.8. The lowest BCUT2D eigenvalue weighted by atomic mass is 10.0. The monoisotopic (exact) mass is 406 g/mol. The van der Waals surface area contributed by atoms with Gasteiger partial charge in [0.05, 0.1) is 5.69 Å². The second-order valence-corrected chi connectivity index (χ2v) is 7.33. The number of rotatable bonds is 8. The van der Waals surface area contributed by atoms with Crippen molar-refractivity contribution >= 4 is 17.3 Å². The van der Waals surface area contributed by atoms with Gasteiger partial charge in [-0.2, -0.15) is 0 Å². The van der Waals surface area contributed by atoms with Crippen molar-refractivity contribution < 1.29 is 14.1 Å². The Labute approximate surface area is 176 Å². The fourth-order valence-electron chi connectivity index (χ4n) is 3.54. The third-order valence-corrected chi connectivity index (χ3v) is 5.19. The van der Waals surface area contributed by atoms with E-state index in [0.29, 0.717) is 11.8 Å². The lowest BCUT2D eigenvalue weighted by Crippen LogP contribution is -2.42. The highest BCUT2D eigenvalue weighted by molar-refractivity contribution is 5.92. The maximum atomic E-state index is 12.1. The number of hydrogen-bond donors (Lipinski definition) is 2. The Hall–Kier alpha value is -3.32. The van der Waals surface area contributed by atoms with Crippen LogP contribution in [-0.4, -0.2) is 36.8 Å². The largest absolute Gasteiger partial charge is 0.484 e. The molecule has 1 fully saturated rings. The molecule has 30 heavy (non-hydrogen) atoms. The fraction of sp³-hybridized carbons (Fsp3) is 0.304. The van der Waals surface area contributed by atoms with E-state index >= 15 is 0 Å². The first kappa shape index (κ1) is 20.0. The Kier molecular flexibility index (Phi) is 6.61. The number of piperidine rings is 1. The Balaban J connectivity index is 1.20. The summed E-state index contributed by atoms with van der Waals surface area (Å²) in [7, 11) is 0. The van der Waals surface area contributed by atoms with Crippen molar-refractivity contribution in [1.29, 1.82) is 0 Å². The molecular weight excluding hydrogens is 380 g/mol. The number of amides is 1. The summed E-state index contributed by atoms with van der Waals surface area (Å²) < 4.78 is 10.3. The number of ether oxygens (including phenoxy) is 1. The maximum Gasteiger partial charge on any atom is 0.262 e. The molecule has 0 radical (unpaired) electrons. The smallest absolute Gasteiger partial charge is 0.262 e. The molecule has 2 N–H and O–H groups in total. The Morgan fingerprint density at radius 1 is 1.07 bits per heavy atom. The van der Waals surface area contributed by atoms with Crippen molar-refractivity contribution in [3.63, 3.8) is 0 Å². The van der Waals surface area contributed by atoms with E-state index in [-0.39, 0.29) is 12.5 Å². The van der Waals surface area contributed by atoms with Gasteiger partial charge in [0, 0.05) is 43.1 Å². The van der Waals surface area contributed by atoms with Gasteiger partial charge in [-0.1, -0.05) is 23.4 Å². The van der Waals surface area contributed by atoms with Crippen molar-refractivity contribution in [3.8, 4) is 5.75 Å². The molecule has 1 saturated heterocycles. The van der Waals surface area contributed by atoms with Crippen LogP contribution in [0.15, 0.2) is 71.4 Å². The van der Waals surface area contributed by atoms with Crippen molar-refractivity contribution in [3.05, 3.63) is 72.6 Å². The van der Waals surface area contributed by atoms with Crippen LogP contribution in [0, 0.1) is 0 Å². The van der Waals surface area contributed by atoms with Crippen LogP contribution in [0.3, 0.4) is 0 Å². The van der Waals surface area contributed by atoms with Crippen LogP contribution >= 0.6 is 0 Å². The third kappa shape index (κ3) is 5.61. The molecule has 2 heterocycles. The second kappa shape index (κ2) is 9.93. The van der Waals surface area contributed by atoms with Crippen LogP contribution in [0.5, 0.6) is 5.75 Å². The molecule has 0 bridgehead atoms. The molecule has 0 atom stereocenters. The first-order chi connectivity index (χ1) is 14.8. The van der Waals surface area contributed by atoms with Crippen LogP contribution in [0.1, 0.15) is 18.5 Å². The number of nitrogens with one attached hydrogen (secondary N) is 2. The number of para-hydroxylation sites is 1. The standard InChI is InChI=1S/C23H26N4O3/c28-23(17-29-22-4-2-1-3-5-22)25-19-6-8-21(9-7-19)27-13-10-18(11-14-27)24-16-20-12-15-30-26-20/h1-9,12,15,18,24H,10-11,13-14,16-17H2,(H,25,28). The number of benzene rings is 2. The molecule has 1 amide bonds. The normalized spacial score (nSPS) is 14.5. The molecule has 2 aromatic carbocycles. The highest BCUT2D eigenvalue weighted by Crippen LogP contribution is 2.22. The van der Waals surface area contributed by atoms with Gasteiger partial charge in [0.2, 0.25) is 0 Å². The number of carbonyl (C=O) groups is 1. The van der Waals surface area contributed by atoms with E-state index in [4.69, 9.17) is 9.26 Å². The summed E-state index contributed by atoms with van der Waals surface area (Å²) in [6.45, 7) is 2.71. The van der Waals surface area contributed by atoms with E-state index in [2.05, 4.69) is 32.8 Å². The van der Waals surface area contributed by atoms with Crippen LogP contribution in [0.4, 0.5) is 11.4 Å². The van der Waals surface area contributed by atoms with Crippen LogP contribution in [0.2, 0.25) is 0 Å².